The van der Waals surface area contributed by atoms with Gasteiger partial charge in [0.25, 0.3) is 5.69 Å². The van der Waals surface area contributed by atoms with Crippen LogP contribution >= 0.6 is 11.3 Å². The van der Waals surface area contributed by atoms with Crippen molar-refractivity contribution in [2.24, 2.45) is 5.16 Å². The van der Waals surface area contributed by atoms with Crippen LogP contribution in [0.2, 0.25) is 0 Å². The predicted octanol–water partition coefficient (Wildman–Crippen LogP) is 1.18. The first-order valence-corrected chi connectivity index (χ1v) is 7.78. The number of thiazole rings is 1. The van der Waals surface area contributed by atoms with E-state index < -0.39 is 29.2 Å². The Labute approximate surface area is 149 Å². The third-order valence-electron chi connectivity index (χ3n) is 2.85. The summed E-state index contributed by atoms with van der Waals surface area (Å²) in [5, 5.41) is 24.5. The van der Waals surface area contributed by atoms with Crippen LogP contribution in [-0.4, -0.2) is 39.3 Å². The molecule has 1 aromatic carbocycles. The molecule has 0 saturated heterocycles. The van der Waals surface area contributed by atoms with E-state index in [1.807, 2.05) is 0 Å². The number of aromatic nitrogens is 1. The summed E-state index contributed by atoms with van der Waals surface area (Å²) >= 11 is 1.03. The molecule has 0 saturated carbocycles. The highest BCUT2D eigenvalue weighted by atomic mass is 32.1. The van der Waals surface area contributed by atoms with Crippen molar-refractivity contribution in [1.29, 1.82) is 0 Å². The van der Waals surface area contributed by atoms with Gasteiger partial charge in [0.1, 0.15) is 12.3 Å². The Hall–Kier alpha value is -3.54. The highest BCUT2D eigenvalue weighted by Gasteiger charge is 2.17. The quantitative estimate of drug-likeness (QED) is 0.296. The number of nitro benzene ring substituents is 1. The first-order chi connectivity index (χ1) is 12.4. The molecule has 0 aliphatic rings. The van der Waals surface area contributed by atoms with E-state index in [1.165, 1.54) is 29.6 Å². The van der Waals surface area contributed by atoms with Crippen LogP contribution in [0, 0.1) is 10.1 Å². The summed E-state index contributed by atoms with van der Waals surface area (Å²) in [6.07, 6.45) is 0. The van der Waals surface area contributed by atoms with Gasteiger partial charge in [0.2, 0.25) is 12.3 Å². The predicted molar refractivity (Wildman–Crippen MR) is 89.5 cm³/mol. The van der Waals surface area contributed by atoms with Crippen molar-refractivity contribution in [3.05, 3.63) is 51.0 Å². The molecule has 1 heterocycles. The largest absolute Gasteiger partial charge is 0.476 e. The van der Waals surface area contributed by atoms with Crippen molar-refractivity contribution in [3.63, 3.8) is 0 Å². The Morgan fingerprint density at radius 2 is 2.04 bits per heavy atom. The number of non-ortho nitro benzene ring substituents is 1. The maximum atomic E-state index is 11.6. The molecular formula is C14H12N4O7S. The normalized spacial score (nSPS) is 11.0. The molecule has 0 fully saturated rings. The lowest BCUT2D eigenvalue weighted by atomic mass is 10.2. The van der Waals surface area contributed by atoms with Gasteiger partial charge in [-0.2, -0.15) is 0 Å². The van der Waals surface area contributed by atoms with Crippen LogP contribution in [0.5, 0.6) is 0 Å². The van der Waals surface area contributed by atoms with E-state index in [-0.39, 0.29) is 23.1 Å². The van der Waals surface area contributed by atoms with Crippen LogP contribution in [0.1, 0.15) is 11.3 Å². The second kappa shape index (κ2) is 8.53. The van der Waals surface area contributed by atoms with Gasteiger partial charge in [-0.15, -0.1) is 11.3 Å². The number of nitro groups is 1. The SMILES string of the molecule is Nc1nc(C(=NOCC(=O)OCc2ccc([N+](=O)[O-])cc2)C(=O)O)cs1. The lowest BCUT2D eigenvalue weighted by Crippen LogP contribution is -2.17. The molecule has 11 nitrogen and oxygen atoms in total. The van der Waals surface area contributed by atoms with Crippen LogP contribution in [-0.2, 0) is 25.8 Å². The molecule has 136 valence electrons. The summed E-state index contributed by atoms with van der Waals surface area (Å²) in [6, 6.07) is 5.45. The Morgan fingerprint density at radius 1 is 1.35 bits per heavy atom. The maximum Gasteiger partial charge on any atom is 0.360 e. The molecule has 26 heavy (non-hydrogen) atoms. The molecule has 12 heteroatoms. The van der Waals surface area contributed by atoms with Crippen LogP contribution in [0.25, 0.3) is 0 Å². The van der Waals surface area contributed by atoms with Crippen molar-refractivity contribution >= 4 is 39.8 Å². The number of aliphatic carboxylic acids is 1. The van der Waals surface area contributed by atoms with Crippen molar-refractivity contribution in [1.82, 2.24) is 4.98 Å². The number of nitrogen functional groups attached to an aromatic ring is 1. The summed E-state index contributed by atoms with van der Waals surface area (Å²) in [4.78, 5) is 41.2. The molecule has 0 bridgehead atoms. The van der Waals surface area contributed by atoms with E-state index in [0.717, 1.165) is 11.3 Å². The third kappa shape index (κ3) is 5.24. The average molecular weight is 380 g/mol. The number of nitrogens with zero attached hydrogens (tertiary/aromatic N) is 3. The topological polar surface area (TPSA) is 167 Å². The molecule has 0 aliphatic heterocycles. The number of carboxylic acids is 1. The van der Waals surface area contributed by atoms with Crippen LogP contribution in [0.3, 0.4) is 0 Å². The van der Waals surface area contributed by atoms with E-state index in [9.17, 15) is 19.7 Å². The molecule has 0 spiro atoms. The summed E-state index contributed by atoms with van der Waals surface area (Å²) in [6.45, 7) is -0.748. The molecule has 2 rings (SSSR count). The fourth-order valence-corrected chi connectivity index (χ4v) is 2.21. The molecular weight excluding hydrogens is 368 g/mol. The standard InChI is InChI=1S/C14H12N4O7S/c15-14-16-10(7-26-14)12(13(20)21)17-25-6-11(19)24-5-8-1-3-9(4-2-8)18(22)23/h1-4,7H,5-6H2,(H2,15,16)(H,20,21). The number of nitrogens with two attached hydrogens (primary N) is 1. The van der Waals surface area contributed by atoms with E-state index in [2.05, 4.69) is 15.0 Å². The number of rotatable bonds is 8. The molecule has 0 atom stereocenters. The zero-order chi connectivity index (χ0) is 19.1. The second-order valence-electron chi connectivity index (χ2n) is 4.67. The number of esters is 1. The number of hydrogen-bond donors (Lipinski definition) is 2. The molecule has 0 unspecified atom stereocenters. The third-order valence-corrected chi connectivity index (χ3v) is 3.53. The van der Waals surface area contributed by atoms with Crippen molar-refractivity contribution in [3.8, 4) is 0 Å². The fraction of sp³-hybridized carbons (Fsp3) is 0.143. The van der Waals surface area contributed by atoms with E-state index in [1.54, 1.807) is 0 Å². The van der Waals surface area contributed by atoms with E-state index in [4.69, 9.17) is 15.6 Å². The summed E-state index contributed by atoms with van der Waals surface area (Å²) in [5.41, 5.74) is 5.39. The van der Waals surface area contributed by atoms with Crippen LogP contribution < -0.4 is 5.73 Å². The monoisotopic (exact) mass is 380 g/mol. The van der Waals surface area contributed by atoms with Gasteiger partial charge >= 0.3 is 11.9 Å². The first kappa shape index (κ1) is 18.8. The number of oxime groups is 1. The van der Waals surface area contributed by atoms with Gasteiger partial charge in [-0.25, -0.2) is 14.6 Å². The molecule has 0 amide bonds. The molecule has 2 aromatic rings. The molecule has 0 radical (unpaired) electrons. The van der Waals surface area contributed by atoms with Crippen molar-refractivity contribution in [2.75, 3.05) is 12.3 Å². The number of hydrogen-bond acceptors (Lipinski definition) is 10. The zero-order valence-electron chi connectivity index (χ0n) is 13.0. The Balaban J connectivity index is 1.85. The Morgan fingerprint density at radius 3 is 2.58 bits per heavy atom. The van der Waals surface area contributed by atoms with Gasteiger partial charge in [-0.05, 0) is 17.7 Å². The van der Waals surface area contributed by atoms with Gasteiger partial charge in [0.05, 0.1) is 4.92 Å². The minimum atomic E-state index is -1.39. The van der Waals surface area contributed by atoms with Crippen LogP contribution in [0.4, 0.5) is 10.8 Å². The van der Waals surface area contributed by atoms with Crippen LogP contribution in [0.15, 0.2) is 34.8 Å². The van der Waals surface area contributed by atoms with Gasteiger partial charge in [-0.3, -0.25) is 10.1 Å². The van der Waals surface area contributed by atoms with Crippen molar-refractivity contribution < 1.29 is 29.2 Å². The zero-order valence-corrected chi connectivity index (χ0v) is 13.8. The summed E-state index contributed by atoms with van der Waals surface area (Å²) in [5.74, 6) is -2.19. The fourth-order valence-electron chi connectivity index (χ4n) is 1.66. The number of carbonyl (C=O) groups is 2. The lowest BCUT2D eigenvalue weighted by Gasteiger charge is -2.04. The summed E-state index contributed by atoms with van der Waals surface area (Å²) in [7, 11) is 0. The van der Waals surface area contributed by atoms with Gasteiger partial charge in [-0.1, -0.05) is 5.16 Å². The lowest BCUT2D eigenvalue weighted by molar-refractivity contribution is -0.384. The Bertz CT molecular complexity index is 847. The number of benzene rings is 1. The first-order valence-electron chi connectivity index (χ1n) is 6.90. The van der Waals surface area contributed by atoms with Gasteiger partial charge in [0.15, 0.2) is 5.13 Å². The van der Waals surface area contributed by atoms with Gasteiger partial charge < -0.3 is 20.4 Å². The average Bonchev–Trinajstić information content (AvgIpc) is 3.02. The van der Waals surface area contributed by atoms with Gasteiger partial charge in [0, 0.05) is 17.5 Å². The minimum absolute atomic E-state index is 0.0132. The molecule has 1 aromatic heterocycles. The maximum absolute atomic E-state index is 11.6. The molecule has 3 N–H and O–H groups in total. The number of carboxylic acid groups (broad SMARTS) is 1. The number of anilines is 1. The van der Waals surface area contributed by atoms with Crippen molar-refractivity contribution in [2.45, 2.75) is 6.61 Å². The van der Waals surface area contributed by atoms with E-state index in [0.29, 0.717) is 5.56 Å². The summed E-state index contributed by atoms with van der Waals surface area (Å²) < 4.78 is 4.90. The minimum Gasteiger partial charge on any atom is -0.476 e. The highest BCUT2D eigenvalue weighted by molar-refractivity contribution is 7.13. The number of carbonyl (C=O) groups excluding carboxylic acids is 1. The molecule has 0 aliphatic carbocycles. The Kier molecular flexibility index (Phi) is 6.16. The smallest absolute Gasteiger partial charge is 0.360 e. The second-order valence-corrected chi connectivity index (χ2v) is 5.56. The number of ether oxygens (including phenoxy) is 1. The van der Waals surface area contributed by atoms with E-state index >= 15 is 0 Å². The highest BCUT2D eigenvalue weighted by Crippen LogP contribution is 2.13.